The zero-order valence-corrected chi connectivity index (χ0v) is 10.6. The predicted molar refractivity (Wildman–Crippen MR) is 67.6 cm³/mol. The van der Waals surface area contributed by atoms with Crippen LogP contribution in [0, 0.1) is 5.92 Å². The highest BCUT2D eigenvalue weighted by atomic mass is 35.5. The fraction of sp³-hybridized carbons (Fsp3) is 0.333. The molecule has 16 heavy (non-hydrogen) atoms. The molecule has 0 aliphatic heterocycles. The minimum absolute atomic E-state index is 0.0102. The summed E-state index contributed by atoms with van der Waals surface area (Å²) in [5.74, 6) is 0.157. The highest BCUT2D eigenvalue weighted by Crippen LogP contribution is 2.17. The van der Waals surface area contributed by atoms with Crippen LogP contribution in [0.1, 0.15) is 12.5 Å². The van der Waals surface area contributed by atoms with Crippen LogP contribution in [0.4, 0.5) is 0 Å². The van der Waals surface area contributed by atoms with Gasteiger partial charge in [0.05, 0.1) is 0 Å². The Morgan fingerprint density at radius 3 is 2.44 bits per heavy atom. The van der Waals surface area contributed by atoms with E-state index in [4.69, 9.17) is 11.6 Å². The van der Waals surface area contributed by atoms with Crippen LogP contribution in [-0.4, -0.2) is 16.1 Å². The van der Waals surface area contributed by atoms with Crippen LogP contribution in [0.15, 0.2) is 30.3 Å². The lowest BCUT2D eigenvalue weighted by atomic mass is 10.0. The molecule has 0 spiro atoms. The summed E-state index contributed by atoms with van der Waals surface area (Å²) in [5.41, 5.74) is 1.06. The number of carbonyl (C=O) groups excluding carboxylic acids is 2. The topological polar surface area (TPSA) is 34.1 Å². The van der Waals surface area contributed by atoms with Gasteiger partial charge in [-0.3, -0.25) is 9.59 Å². The first-order chi connectivity index (χ1) is 7.59. The number of rotatable bonds is 5. The van der Waals surface area contributed by atoms with Gasteiger partial charge in [-0.25, -0.2) is 0 Å². The summed E-state index contributed by atoms with van der Waals surface area (Å²) in [6.07, 6.45) is 0.587. The molecule has 0 amide bonds. The average Bonchev–Trinajstić information content (AvgIpc) is 2.25. The lowest BCUT2D eigenvalue weighted by Crippen LogP contribution is -2.15. The fourth-order valence-corrected chi connectivity index (χ4v) is 2.27. The average molecular weight is 257 g/mol. The molecule has 0 saturated carbocycles. The van der Waals surface area contributed by atoms with E-state index in [-0.39, 0.29) is 16.3 Å². The molecule has 0 aliphatic rings. The first kappa shape index (κ1) is 13.3. The van der Waals surface area contributed by atoms with E-state index in [1.807, 2.05) is 30.3 Å². The van der Waals surface area contributed by atoms with Gasteiger partial charge in [0.2, 0.25) is 5.24 Å². The molecule has 0 bridgehead atoms. The van der Waals surface area contributed by atoms with Crippen LogP contribution in [0.25, 0.3) is 0 Å². The zero-order valence-electron chi connectivity index (χ0n) is 8.98. The van der Waals surface area contributed by atoms with Gasteiger partial charge in [0.1, 0.15) is 0 Å². The maximum atomic E-state index is 11.2. The van der Waals surface area contributed by atoms with Crippen molar-refractivity contribution in [3.05, 3.63) is 35.9 Å². The van der Waals surface area contributed by atoms with Crippen LogP contribution < -0.4 is 0 Å². The van der Waals surface area contributed by atoms with Gasteiger partial charge in [0.25, 0.3) is 0 Å². The van der Waals surface area contributed by atoms with E-state index in [0.29, 0.717) is 12.2 Å². The summed E-state index contributed by atoms with van der Waals surface area (Å²) in [7, 11) is 0. The van der Waals surface area contributed by atoms with E-state index >= 15 is 0 Å². The van der Waals surface area contributed by atoms with Crippen molar-refractivity contribution >= 4 is 33.7 Å². The van der Waals surface area contributed by atoms with E-state index in [1.165, 1.54) is 6.92 Å². The third-order valence-electron chi connectivity index (χ3n) is 2.13. The van der Waals surface area contributed by atoms with Crippen molar-refractivity contribution in [2.75, 3.05) is 5.75 Å². The number of halogens is 1. The van der Waals surface area contributed by atoms with Gasteiger partial charge in [0.15, 0.2) is 5.12 Å². The standard InChI is InChI=1S/C12H13ClO2S/c1-9(14)16-8-11(12(13)15)7-10-5-3-2-4-6-10/h2-6,11H,7-8H2,1H3. The Hall–Kier alpha value is -0.800. The normalized spacial score (nSPS) is 12.1. The third kappa shape index (κ3) is 4.81. The molecule has 0 heterocycles. The van der Waals surface area contributed by atoms with E-state index in [1.54, 1.807) is 0 Å². The molecule has 1 atom stereocenters. The minimum atomic E-state index is -0.377. The summed E-state index contributed by atoms with van der Waals surface area (Å²) in [4.78, 5) is 22.0. The monoisotopic (exact) mass is 256 g/mol. The Labute approximate surface area is 104 Å². The zero-order chi connectivity index (χ0) is 12.0. The molecule has 0 aliphatic carbocycles. The van der Waals surface area contributed by atoms with Gasteiger partial charge in [-0.2, -0.15) is 0 Å². The predicted octanol–water partition coefficient (Wildman–Crippen LogP) is 2.89. The molecule has 86 valence electrons. The van der Waals surface area contributed by atoms with E-state index in [9.17, 15) is 9.59 Å². The Morgan fingerprint density at radius 2 is 1.94 bits per heavy atom. The summed E-state index contributed by atoms with van der Waals surface area (Å²) in [6, 6.07) is 9.66. The summed E-state index contributed by atoms with van der Waals surface area (Å²) in [6.45, 7) is 1.49. The second-order valence-corrected chi connectivity index (χ2v) is 5.06. The maximum Gasteiger partial charge on any atom is 0.225 e. The van der Waals surface area contributed by atoms with Crippen molar-refractivity contribution in [3.63, 3.8) is 0 Å². The first-order valence-corrected chi connectivity index (χ1v) is 6.32. The molecule has 0 saturated heterocycles. The Morgan fingerprint density at radius 1 is 1.31 bits per heavy atom. The largest absolute Gasteiger partial charge is 0.288 e. The lowest BCUT2D eigenvalue weighted by Gasteiger charge is -2.10. The van der Waals surface area contributed by atoms with E-state index < -0.39 is 0 Å². The minimum Gasteiger partial charge on any atom is -0.288 e. The highest BCUT2D eigenvalue weighted by Gasteiger charge is 2.17. The Kier molecular flexibility index (Phi) is 5.56. The van der Waals surface area contributed by atoms with E-state index in [2.05, 4.69) is 0 Å². The van der Waals surface area contributed by atoms with Gasteiger partial charge in [0, 0.05) is 18.6 Å². The molecule has 2 nitrogen and oxygen atoms in total. The fourth-order valence-electron chi connectivity index (χ4n) is 1.32. The van der Waals surface area contributed by atoms with Gasteiger partial charge >= 0.3 is 0 Å². The number of thioether (sulfide) groups is 1. The Balaban J connectivity index is 2.58. The van der Waals surface area contributed by atoms with Crippen molar-refractivity contribution in [3.8, 4) is 0 Å². The number of hydrogen-bond donors (Lipinski definition) is 0. The lowest BCUT2D eigenvalue weighted by molar-refractivity contribution is -0.114. The summed E-state index contributed by atoms with van der Waals surface area (Å²) in [5, 5.41) is -0.367. The van der Waals surface area contributed by atoms with E-state index in [0.717, 1.165) is 17.3 Å². The van der Waals surface area contributed by atoms with Gasteiger partial charge in [-0.15, -0.1) is 0 Å². The maximum absolute atomic E-state index is 11.2. The number of carbonyl (C=O) groups is 2. The van der Waals surface area contributed by atoms with Crippen LogP contribution >= 0.6 is 23.4 Å². The highest BCUT2D eigenvalue weighted by molar-refractivity contribution is 8.13. The molecule has 1 unspecified atom stereocenters. The van der Waals surface area contributed by atoms with Crippen LogP contribution in [0.3, 0.4) is 0 Å². The molecule has 1 rings (SSSR count). The van der Waals surface area contributed by atoms with Gasteiger partial charge in [-0.1, -0.05) is 42.1 Å². The second kappa shape index (κ2) is 6.71. The second-order valence-electron chi connectivity index (χ2n) is 3.49. The van der Waals surface area contributed by atoms with Crippen LogP contribution in [0.5, 0.6) is 0 Å². The van der Waals surface area contributed by atoms with Crippen molar-refractivity contribution in [1.29, 1.82) is 0 Å². The number of benzene rings is 1. The molecular weight excluding hydrogens is 244 g/mol. The molecule has 0 N–H and O–H groups in total. The molecular formula is C12H13ClO2S. The quantitative estimate of drug-likeness (QED) is 0.760. The van der Waals surface area contributed by atoms with Crippen molar-refractivity contribution < 1.29 is 9.59 Å². The van der Waals surface area contributed by atoms with Crippen molar-refractivity contribution in [2.24, 2.45) is 5.92 Å². The van der Waals surface area contributed by atoms with Crippen LogP contribution in [0.2, 0.25) is 0 Å². The molecule has 4 heteroatoms. The molecule has 0 radical (unpaired) electrons. The Bertz CT molecular complexity index is 365. The smallest absolute Gasteiger partial charge is 0.225 e. The van der Waals surface area contributed by atoms with Crippen molar-refractivity contribution in [1.82, 2.24) is 0 Å². The van der Waals surface area contributed by atoms with Gasteiger partial charge in [-0.05, 0) is 23.6 Å². The SMILES string of the molecule is CC(=O)SCC(Cc1ccccc1)C(=O)Cl. The molecule has 0 aromatic heterocycles. The van der Waals surface area contributed by atoms with Crippen LogP contribution in [-0.2, 0) is 16.0 Å². The third-order valence-corrected chi connectivity index (χ3v) is 3.42. The number of hydrogen-bond acceptors (Lipinski definition) is 3. The molecule has 1 aromatic rings. The molecule has 1 aromatic carbocycles. The summed E-state index contributed by atoms with van der Waals surface area (Å²) >= 11 is 6.66. The molecule has 0 fully saturated rings. The van der Waals surface area contributed by atoms with Gasteiger partial charge < -0.3 is 0 Å². The summed E-state index contributed by atoms with van der Waals surface area (Å²) < 4.78 is 0. The first-order valence-electron chi connectivity index (χ1n) is 4.96. The van der Waals surface area contributed by atoms with Crippen molar-refractivity contribution in [2.45, 2.75) is 13.3 Å².